The molecule has 7 heteroatoms. The lowest BCUT2D eigenvalue weighted by Gasteiger charge is -2.34. The first kappa shape index (κ1) is 19.5. The van der Waals surface area contributed by atoms with Crippen molar-refractivity contribution in [2.75, 3.05) is 18.4 Å². The summed E-state index contributed by atoms with van der Waals surface area (Å²) >= 11 is 0. The van der Waals surface area contributed by atoms with E-state index in [1.807, 2.05) is 17.1 Å². The van der Waals surface area contributed by atoms with Gasteiger partial charge in [-0.3, -0.25) is 9.59 Å². The first-order chi connectivity index (χ1) is 12.9. The fraction of sp³-hybridized carbons (Fsp3) is 0.500. The van der Waals surface area contributed by atoms with Crippen molar-refractivity contribution in [2.24, 2.45) is 11.8 Å². The van der Waals surface area contributed by atoms with Crippen molar-refractivity contribution in [3.05, 3.63) is 42.0 Å². The molecule has 0 spiro atoms. The number of piperidine rings is 1. The number of likely N-dealkylation sites (tertiary alicyclic amines) is 1. The van der Waals surface area contributed by atoms with Crippen LogP contribution in [0.3, 0.4) is 0 Å². The van der Waals surface area contributed by atoms with Gasteiger partial charge in [0.1, 0.15) is 0 Å². The maximum Gasteiger partial charge on any atom is 0.416 e. The normalized spacial score (nSPS) is 23.1. The van der Waals surface area contributed by atoms with E-state index in [1.165, 1.54) is 12.1 Å². The summed E-state index contributed by atoms with van der Waals surface area (Å²) in [5.41, 5.74) is -0.467. The van der Waals surface area contributed by atoms with E-state index in [9.17, 15) is 22.8 Å². The molecule has 146 valence electrons. The molecule has 3 rings (SSSR count). The van der Waals surface area contributed by atoms with Crippen LogP contribution < -0.4 is 5.32 Å². The molecule has 1 fully saturated rings. The Morgan fingerprint density at radius 2 is 1.52 bits per heavy atom. The van der Waals surface area contributed by atoms with Gasteiger partial charge in [0.15, 0.2) is 0 Å². The summed E-state index contributed by atoms with van der Waals surface area (Å²) in [4.78, 5) is 27.4. The second-order valence-corrected chi connectivity index (χ2v) is 7.11. The van der Waals surface area contributed by atoms with Crippen LogP contribution in [0.15, 0.2) is 36.4 Å². The zero-order chi connectivity index (χ0) is 19.4. The molecule has 2 unspecified atom stereocenters. The monoisotopic (exact) mass is 380 g/mol. The topological polar surface area (TPSA) is 49.4 Å². The van der Waals surface area contributed by atoms with E-state index in [1.54, 1.807) is 0 Å². The zero-order valence-corrected chi connectivity index (χ0v) is 15.0. The van der Waals surface area contributed by atoms with Gasteiger partial charge in [0, 0.05) is 18.8 Å². The second kappa shape index (κ2) is 8.15. The lowest BCUT2D eigenvalue weighted by Crippen LogP contribution is -2.45. The largest absolute Gasteiger partial charge is 0.416 e. The fourth-order valence-electron chi connectivity index (χ4n) is 3.70. The second-order valence-electron chi connectivity index (χ2n) is 7.11. The Hall–Kier alpha value is -2.31. The first-order valence-electron chi connectivity index (χ1n) is 9.28. The van der Waals surface area contributed by atoms with Crippen LogP contribution in [0.2, 0.25) is 0 Å². The van der Waals surface area contributed by atoms with E-state index in [0.29, 0.717) is 18.5 Å². The third kappa shape index (κ3) is 4.70. The highest BCUT2D eigenvalue weighted by Crippen LogP contribution is 2.32. The predicted molar refractivity (Wildman–Crippen MR) is 95.9 cm³/mol. The summed E-state index contributed by atoms with van der Waals surface area (Å²) in [5, 5.41) is 2.67. The van der Waals surface area contributed by atoms with Crippen LogP contribution in [0.1, 0.15) is 37.7 Å². The molecule has 0 saturated carbocycles. The Balaban J connectivity index is 1.68. The molecule has 27 heavy (non-hydrogen) atoms. The quantitative estimate of drug-likeness (QED) is 0.798. The minimum atomic E-state index is -4.41. The Bertz CT molecular complexity index is 707. The van der Waals surface area contributed by atoms with Crippen LogP contribution in [-0.4, -0.2) is 29.8 Å². The highest BCUT2D eigenvalue weighted by Gasteiger charge is 2.37. The molecule has 1 heterocycles. The van der Waals surface area contributed by atoms with E-state index in [4.69, 9.17) is 0 Å². The Kier molecular flexibility index (Phi) is 5.87. The highest BCUT2D eigenvalue weighted by atomic mass is 19.4. The summed E-state index contributed by atoms with van der Waals surface area (Å²) in [6, 6.07) is 4.35. The molecule has 2 amide bonds. The van der Waals surface area contributed by atoms with Crippen molar-refractivity contribution in [1.29, 1.82) is 0 Å². The van der Waals surface area contributed by atoms with Gasteiger partial charge >= 0.3 is 6.18 Å². The minimum Gasteiger partial charge on any atom is -0.342 e. The summed E-state index contributed by atoms with van der Waals surface area (Å²) in [6.07, 6.45) is 3.45. The van der Waals surface area contributed by atoms with Crippen molar-refractivity contribution in [2.45, 2.75) is 38.3 Å². The average molecular weight is 380 g/mol. The van der Waals surface area contributed by atoms with Crippen LogP contribution in [-0.2, 0) is 15.8 Å². The molecule has 0 bridgehead atoms. The maximum absolute atomic E-state index is 12.9. The molecular weight excluding hydrogens is 357 g/mol. The Labute approximate surface area is 156 Å². The number of hydrogen-bond acceptors (Lipinski definition) is 2. The van der Waals surface area contributed by atoms with Crippen molar-refractivity contribution >= 4 is 17.5 Å². The first-order valence-corrected chi connectivity index (χ1v) is 9.28. The van der Waals surface area contributed by atoms with E-state index >= 15 is 0 Å². The van der Waals surface area contributed by atoms with Gasteiger partial charge in [-0.05, 0) is 56.4 Å². The molecule has 0 radical (unpaired) electrons. The maximum atomic E-state index is 12.9. The molecule has 1 saturated heterocycles. The molecular formula is C20H23F3N2O2. The third-order valence-corrected chi connectivity index (χ3v) is 5.23. The minimum absolute atomic E-state index is 0.00613. The van der Waals surface area contributed by atoms with Crippen molar-refractivity contribution < 1.29 is 22.8 Å². The number of carbonyl (C=O) groups is 2. The van der Waals surface area contributed by atoms with Gasteiger partial charge in [-0.15, -0.1) is 0 Å². The van der Waals surface area contributed by atoms with Crippen LogP contribution in [0.5, 0.6) is 0 Å². The molecule has 2 atom stereocenters. The highest BCUT2D eigenvalue weighted by molar-refractivity contribution is 5.96. The number of nitrogens with zero attached hydrogens (tertiary/aromatic N) is 1. The molecule has 1 aromatic rings. The lowest BCUT2D eigenvalue weighted by molar-refractivity contribution is -0.141. The SMILES string of the molecule is O=C(Nc1ccc(C(F)(F)F)cc1)C1CC=CCC1C(=O)N1CCCCC1. The van der Waals surface area contributed by atoms with Crippen LogP contribution in [0, 0.1) is 11.8 Å². The van der Waals surface area contributed by atoms with Crippen molar-refractivity contribution in [1.82, 2.24) is 4.90 Å². The Morgan fingerprint density at radius 1 is 0.926 bits per heavy atom. The number of allylic oxidation sites excluding steroid dienone is 2. The number of halogens is 3. The summed E-state index contributed by atoms with van der Waals surface area (Å²) < 4.78 is 38.0. The van der Waals surface area contributed by atoms with Gasteiger partial charge in [0.05, 0.1) is 17.4 Å². The van der Waals surface area contributed by atoms with E-state index < -0.39 is 23.6 Å². The molecule has 1 aliphatic heterocycles. The van der Waals surface area contributed by atoms with E-state index in [-0.39, 0.29) is 11.8 Å². The van der Waals surface area contributed by atoms with E-state index in [2.05, 4.69) is 5.32 Å². The summed E-state index contributed by atoms with van der Waals surface area (Å²) in [6.45, 7) is 1.46. The summed E-state index contributed by atoms with van der Waals surface area (Å²) in [5.74, 6) is -1.24. The fourth-order valence-corrected chi connectivity index (χ4v) is 3.70. The van der Waals surface area contributed by atoms with Crippen molar-refractivity contribution in [3.63, 3.8) is 0 Å². The predicted octanol–water partition coefficient (Wildman–Crippen LogP) is 4.24. The number of hydrogen-bond donors (Lipinski definition) is 1. The van der Waals surface area contributed by atoms with Crippen LogP contribution >= 0.6 is 0 Å². The summed E-state index contributed by atoms with van der Waals surface area (Å²) in [7, 11) is 0. The molecule has 1 aromatic carbocycles. The molecule has 1 N–H and O–H groups in total. The number of nitrogens with one attached hydrogen (secondary N) is 1. The number of amides is 2. The number of rotatable bonds is 3. The van der Waals surface area contributed by atoms with Gasteiger partial charge in [-0.1, -0.05) is 12.2 Å². The molecule has 1 aliphatic carbocycles. The number of alkyl halides is 3. The standard InChI is InChI=1S/C20H23F3N2O2/c21-20(22,23)14-8-10-15(11-9-14)24-18(26)16-6-2-3-7-17(16)19(27)25-12-4-1-5-13-25/h2-3,8-11,16-17H,1,4-7,12-13H2,(H,24,26). The van der Waals surface area contributed by atoms with Gasteiger partial charge in [0.2, 0.25) is 11.8 Å². The molecule has 4 nitrogen and oxygen atoms in total. The molecule has 2 aliphatic rings. The van der Waals surface area contributed by atoms with Gasteiger partial charge in [-0.2, -0.15) is 13.2 Å². The number of anilines is 1. The van der Waals surface area contributed by atoms with Crippen molar-refractivity contribution in [3.8, 4) is 0 Å². The number of benzene rings is 1. The number of carbonyl (C=O) groups excluding carboxylic acids is 2. The van der Waals surface area contributed by atoms with Crippen LogP contribution in [0.4, 0.5) is 18.9 Å². The average Bonchev–Trinajstić information content (AvgIpc) is 2.68. The lowest BCUT2D eigenvalue weighted by atomic mass is 9.81. The van der Waals surface area contributed by atoms with Gasteiger partial charge < -0.3 is 10.2 Å². The van der Waals surface area contributed by atoms with Gasteiger partial charge in [-0.25, -0.2) is 0 Å². The third-order valence-electron chi connectivity index (χ3n) is 5.23. The Morgan fingerprint density at radius 3 is 2.11 bits per heavy atom. The van der Waals surface area contributed by atoms with E-state index in [0.717, 1.165) is 44.5 Å². The zero-order valence-electron chi connectivity index (χ0n) is 15.0. The smallest absolute Gasteiger partial charge is 0.342 e. The van der Waals surface area contributed by atoms with Crippen LogP contribution in [0.25, 0.3) is 0 Å². The molecule has 0 aromatic heterocycles. The van der Waals surface area contributed by atoms with Gasteiger partial charge in [0.25, 0.3) is 0 Å².